The molecular weight excluding hydrogens is 743 g/mol. The standard InChI is InChI=1S/C56H37N5/c1-6-18-39(19-7-1)50-37-49-47(30-17-31-48(49)53-51(40-20-8-2-9-21-40)52(60-61(50)53)41-22-10-3-11-23-41)46-29-16-28-45(36-46)38-32-34-44(35-33-38)56-58-54(42-24-12-4-13-25-42)57-55(59-56)43-26-14-5-15-27-43/h1-37H. The first-order valence-corrected chi connectivity index (χ1v) is 20.5. The average Bonchev–Trinajstić information content (AvgIpc) is 3.76. The SMILES string of the molecule is c1ccc(-c2nc(-c3ccccc3)nc(-c3ccc(-c4cccc(-c5cccc6c5cc(-c5ccccc5)n5nc(-c7ccccc7)c(-c7ccccc7)c65)c4)cc3)n2)cc1. The summed E-state index contributed by atoms with van der Waals surface area (Å²) in [7, 11) is 0. The third kappa shape index (κ3) is 6.74. The van der Waals surface area contributed by atoms with Gasteiger partial charge in [0.25, 0.3) is 0 Å². The van der Waals surface area contributed by atoms with E-state index < -0.39 is 0 Å². The Morgan fingerprint density at radius 3 is 1.31 bits per heavy atom. The summed E-state index contributed by atoms with van der Waals surface area (Å²) in [5.41, 5.74) is 14.8. The highest BCUT2D eigenvalue weighted by Gasteiger charge is 2.23. The minimum atomic E-state index is 0.634. The lowest BCUT2D eigenvalue weighted by molar-refractivity contribution is 0.979. The summed E-state index contributed by atoms with van der Waals surface area (Å²) >= 11 is 0. The predicted molar refractivity (Wildman–Crippen MR) is 250 cm³/mol. The van der Waals surface area contributed by atoms with Gasteiger partial charge < -0.3 is 0 Å². The molecule has 0 aliphatic carbocycles. The summed E-state index contributed by atoms with van der Waals surface area (Å²) in [5, 5.41) is 7.72. The molecule has 5 nitrogen and oxygen atoms in total. The van der Waals surface area contributed by atoms with E-state index >= 15 is 0 Å². The van der Waals surface area contributed by atoms with Crippen LogP contribution in [0.3, 0.4) is 0 Å². The topological polar surface area (TPSA) is 56.0 Å². The van der Waals surface area contributed by atoms with Crippen molar-refractivity contribution in [3.63, 3.8) is 0 Å². The molecule has 0 bridgehead atoms. The third-order valence-electron chi connectivity index (χ3n) is 11.3. The molecule has 0 N–H and O–H groups in total. The van der Waals surface area contributed by atoms with Crippen molar-refractivity contribution in [3.05, 3.63) is 224 Å². The molecule has 3 heterocycles. The Balaban J connectivity index is 1.04. The average molecular weight is 780 g/mol. The fourth-order valence-electron chi connectivity index (χ4n) is 8.32. The van der Waals surface area contributed by atoms with Gasteiger partial charge in [0, 0.05) is 38.8 Å². The minimum Gasteiger partial charge on any atom is -0.231 e. The molecule has 0 unspecified atom stereocenters. The summed E-state index contributed by atoms with van der Waals surface area (Å²) in [4.78, 5) is 14.8. The number of nitrogens with zero attached hydrogens (tertiary/aromatic N) is 5. The zero-order valence-electron chi connectivity index (χ0n) is 33.1. The number of hydrogen-bond acceptors (Lipinski definition) is 4. The Hall–Kier alpha value is -8.28. The largest absolute Gasteiger partial charge is 0.231 e. The fraction of sp³-hybridized carbons (Fsp3) is 0. The molecule has 0 atom stereocenters. The lowest BCUT2D eigenvalue weighted by Gasteiger charge is -2.14. The molecule has 0 fully saturated rings. The lowest BCUT2D eigenvalue weighted by Crippen LogP contribution is -2.00. The van der Waals surface area contributed by atoms with Crippen LogP contribution in [0.5, 0.6) is 0 Å². The molecule has 0 spiro atoms. The van der Waals surface area contributed by atoms with Gasteiger partial charge in [-0.25, -0.2) is 19.5 Å². The first-order chi connectivity index (χ1) is 30.2. The molecule has 8 aromatic carbocycles. The van der Waals surface area contributed by atoms with Crippen LogP contribution in [0.4, 0.5) is 0 Å². The van der Waals surface area contributed by atoms with Crippen molar-refractivity contribution in [1.29, 1.82) is 0 Å². The first kappa shape index (κ1) is 35.8. The fourth-order valence-corrected chi connectivity index (χ4v) is 8.32. The van der Waals surface area contributed by atoms with E-state index in [0.29, 0.717) is 17.5 Å². The van der Waals surface area contributed by atoms with Crippen molar-refractivity contribution < 1.29 is 0 Å². The number of pyridine rings is 1. The van der Waals surface area contributed by atoms with E-state index in [0.717, 1.165) is 88.9 Å². The summed E-state index contributed by atoms with van der Waals surface area (Å²) in [6.45, 7) is 0. The van der Waals surface area contributed by atoms with E-state index in [1.807, 2.05) is 60.7 Å². The van der Waals surface area contributed by atoms with Crippen molar-refractivity contribution in [2.45, 2.75) is 0 Å². The molecule has 0 aliphatic heterocycles. The normalized spacial score (nSPS) is 11.3. The van der Waals surface area contributed by atoms with E-state index in [4.69, 9.17) is 20.1 Å². The Morgan fingerprint density at radius 2 is 0.738 bits per heavy atom. The maximum absolute atomic E-state index is 5.42. The van der Waals surface area contributed by atoms with Gasteiger partial charge in [-0.1, -0.05) is 212 Å². The van der Waals surface area contributed by atoms with Gasteiger partial charge in [0.15, 0.2) is 17.5 Å². The van der Waals surface area contributed by atoms with Crippen LogP contribution in [0, 0.1) is 0 Å². The van der Waals surface area contributed by atoms with Crippen LogP contribution in [-0.2, 0) is 0 Å². The van der Waals surface area contributed by atoms with Crippen molar-refractivity contribution >= 4 is 16.3 Å². The third-order valence-corrected chi connectivity index (χ3v) is 11.3. The summed E-state index contributed by atoms with van der Waals surface area (Å²) in [6, 6.07) is 78.3. The second-order valence-corrected chi connectivity index (χ2v) is 15.1. The van der Waals surface area contributed by atoms with Gasteiger partial charge in [0.2, 0.25) is 0 Å². The highest BCUT2D eigenvalue weighted by atomic mass is 15.2. The molecular formula is C56H37N5. The number of rotatable bonds is 8. The van der Waals surface area contributed by atoms with Crippen LogP contribution < -0.4 is 0 Å². The van der Waals surface area contributed by atoms with Gasteiger partial charge in [-0.3, -0.25) is 0 Å². The van der Waals surface area contributed by atoms with Crippen molar-refractivity contribution in [2.24, 2.45) is 0 Å². The molecule has 0 saturated carbocycles. The number of hydrogen-bond donors (Lipinski definition) is 0. The first-order valence-electron chi connectivity index (χ1n) is 20.5. The Kier molecular flexibility index (Phi) is 9.10. The van der Waals surface area contributed by atoms with Gasteiger partial charge in [0.1, 0.15) is 5.69 Å². The van der Waals surface area contributed by atoms with Crippen LogP contribution in [0.25, 0.3) is 106 Å². The summed E-state index contributed by atoms with van der Waals surface area (Å²) < 4.78 is 2.15. The van der Waals surface area contributed by atoms with Gasteiger partial charge in [-0.2, -0.15) is 5.10 Å². The van der Waals surface area contributed by atoms with E-state index in [2.05, 4.69) is 168 Å². The highest BCUT2D eigenvalue weighted by molar-refractivity contribution is 6.12. The smallest absolute Gasteiger partial charge is 0.164 e. The molecule has 61 heavy (non-hydrogen) atoms. The zero-order chi connectivity index (χ0) is 40.5. The second kappa shape index (κ2) is 15.5. The van der Waals surface area contributed by atoms with Gasteiger partial charge >= 0.3 is 0 Å². The monoisotopic (exact) mass is 779 g/mol. The van der Waals surface area contributed by atoms with Crippen LogP contribution >= 0.6 is 0 Å². The van der Waals surface area contributed by atoms with E-state index in [-0.39, 0.29) is 0 Å². The summed E-state index contributed by atoms with van der Waals surface area (Å²) in [6.07, 6.45) is 0. The van der Waals surface area contributed by atoms with Crippen LogP contribution in [-0.4, -0.2) is 24.6 Å². The maximum Gasteiger partial charge on any atom is 0.164 e. The number of benzene rings is 8. The molecule has 11 rings (SSSR count). The molecule has 0 aliphatic rings. The van der Waals surface area contributed by atoms with E-state index in [1.165, 1.54) is 0 Å². The van der Waals surface area contributed by atoms with Gasteiger partial charge in [-0.15, -0.1) is 0 Å². The van der Waals surface area contributed by atoms with E-state index in [9.17, 15) is 0 Å². The molecule has 0 radical (unpaired) electrons. The molecule has 0 amide bonds. The van der Waals surface area contributed by atoms with Crippen molar-refractivity contribution in [3.8, 4) is 90.1 Å². The van der Waals surface area contributed by atoms with Crippen LogP contribution in [0.1, 0.15) is 0 Å². The number of fused-ring (bicyclic) bond motifs is 3. The maximum atomic E-state index is 5.42. The quantitative estimate of drug-likeness (QED) is 0.154. The molecule has 3 aromatic heterocycles. The Labute approximate surface area is 354 Å². The lowest BCUT2D eigenvalue weighted by atomic mass is 9.92. The van der Waals surface area contributed by atoms with Crippen LogP contribution in [0.2, 0.25) is 0 Å². The minimum absolute atomic E-state index is 0.634. The highest BCUT2D eigenvalue weighted by Crippen LogP contribution is 2.43. The molecule has 286 valence electrons. The predicted octanol–water partition coefficient (Wildman–Crippen LogP) is 14.0. The summed E-state index contributed by atoms with van der Waals surface area (Å²) in [5.74, 6) is 1.92. The number of aromatic nitrogens is 5. The van der Waals surface area contributed by atoms with Crippen LogP contribution in [0.15, 0.2) is 224 Å². The van der Waals surface area contributed by atoms with Crippen molar-refractivity contribution in [1.82, 2.24) is 24.6 Å². The van der Waals surface area contributed by atoms with Gasteiger partial charge in [0.05, 0.1) is 11.2 Å². The molecule has 5 heteroatoms. The van der Waals surface area contributed by atoms with Gasteiger partial charge in [-0.05, 0) is 45.3 Å². The molecule has 0 saturated heterocycles. The Bertz CT molecular complexity index is 3250. The second-order valence-electron chi connectivity index (χ2n) is 15.1. The zero-order valence-corrected chi connectivity index (χ0v) is 33.1. The van der Waals surface area contributed by atoms with Crippen molar-refractivity contribution in [2.75, 3.05) is 0 Å². The molecule has 11 aromatic rings. The van der Waals surface area contributed by atoms with E-state index in [1.54, 1.807) is 0 Å². The Morgan fingerprint density at radius 1 is 0.295 bits per heavy atom.